The molecule has 7 nitrogen and oxygen atoms in total. The molecule has 0 aliphatic carbocycles. The van der Waals surface area contributed by atoms with E-state index in [1.54, 1.807) is 31.2 Å². The van der Waals surface area contributed by atoms with Crippen LogP contribution in [0.3, 0.4) is 0 Å². The Kier molecular flexibility index (Phi) is 5.61. The third kappa shape index (κ3) is 4.78. The summed E-state index contributed by atoms with van der Waals surface area (Å²) in [4.78, 5) is 28.3. The highest BCUT2D eigenvalue weighted by Gasteiger charge is 2.15. The highest BCUT2D eigenvalue weighted by molar-refractivity contribution is 5.95. The summed E-state index contributed by atoms with van der Waals surface area (Å²) in [5.41, 5.74) is 3.41. The average Bonchev–Trinajstić information content (AvgIpc) is 3.19. The van der Waals surface area contributed by atoms with E-state index in [0.717, 1.165) is 11.1 Å². The topological polar surface area (TPSA) is 88.9 Å². The minimum Gasteiger partial charge on any atom is -0.326 e. The second-order valence-corrected chi connectivity index (χ2v) is 6.27. The number of carbonyl (C=O) groups is 2. The Bertz CT molecular complexity index is 920. The van der Waals surface area contributed by atoms with Crippen LogP contribution in [0.1, 0.15) is 24.1 Å². The SMILES string of the molecule is Cc1ccccc1CC(=O)Nc1ccc(NC(=O)C(C)n2cncn2)cc1. The minimum absolute atomic E-state index is 0.0825. The molecule has 3 rings (SSSR count). The van der Waals surface area contributed by atoms with E-state index in [0.29, 0.717) is 17.8 Å². The van der Waals surface area contributed by atoms with Gasteiger partial charge in [0.1, 0.15) is 18.7 Å². The molecule has 1 atom stereocenters. The molecule has 0 aliphatic rings. The van der Waals surface area contributed by atoms with Crippen molar-refractivity contribution in [1.29, 1.82) is 0 Å². The van der Waals surface area contributed by atoms with Crippen molar-refractivity contribution in [1.82, 2.24) is 14.8 Å². The Morgan fingerprint density at radius 1 is 1.04 bits per heavy atom. The predicted octanol–water partition coefficient (Wildman–Crippen LogP) is 2.97. The molecule has 0 saturated heterocycles. The Morgan fingerprint density at radius 3 is 2.33 bits per heavy atom. The first-order valence-electron chi connectivity index (χ1n) is 8.62. The fraction of sp³-hybridized carbons (Fsp3) is 0.200. The molecular formula is C20H21N5O2. The van der Waals surface area contributed by atoms with Gasteiger partial charge in [-0.1, -0.05) is 24.3 Å². The molecule has 0 spiro atoms. The number of nitrogens with zero attached hydrogens (tertiary/aromatic N) is 3. The summed E-state index contributed by atoms with van der Waals surface area (Å²) in [5.74, 6) is -0.280. The first-order chi connectivity index (χ1) is 13.0. The van der Waals surface area contributed by atoms with Crippen molar-refractivity contribution in [3.63, 3.8) is 0 Å². The smallest absolute Gasteiger partial charge is 0.249 e. The lowest BCUT2D eigenvalue weighted by atomic mass is 10.1. The maximum absolute atomic E-state index is 12.2. The second-order valence-electron chi connectivity index (χ2n) is 6.27. The molecule has 1 heterocycles. The predicted molar refractivity (Wildman–Crippen MR) is 103 cm³/mol. The van der Waals surface area contributed by atoms with E-state index >= 15 is 0 Å². The largest absolute Gasteiger partial charge is 0.326 e. The molecule has 138 valence electrons. The summed E-state index contributed by atoms with van der Waals surface area (Å²) in [6.07, 6.45) is 3.20. The molecule has 0 radical (unpaired) electrons. The van der Waals surface area contributed by atoms with E-state index in [2.05, 4.69) is 20.7 Å². The van der Waals surface area contributed by atoms with Crippen molar-refractivity contribution in [3.05, 3.63) is 72.3 Å². The fourth-order valence-corrected chi connectivity index (χ4v) is 2.61. The minimum atomic E-state index is -0.471. The van der Waals surface area contributed by atoms with Gasteiger partial charge < -0.3 is 10.6 Å². The van der Waals surface area contributed by atoms with E-state index in [1.165, 1.54) is 17.3 Å². The molecule has 27 heavy (non-hydrogen) atoms. The van der Waals surface area contributed by atoms with Crippen LogP contribution < -0.4 is 10.6 Å². The van der Waals surface area contributed by atoms with Crippen LogP contribution in [0.25, 0.3) is 0 Å². The van der Waals surface area contributed by atoms with Crippen LogP contribution in [0.2, 0.25) is 0 Å². The zero-order valence-electron chi connectivity index (χ0n) is 15.2. The molecule has 0 fully saturated rings. The summed E-state index contributed by atoms with van der Waals surface area (Å²) < 4.78 is 1.48. The van der Waals surface area contributed by atoms with Gasteiger partial charge in [-0.05, 0) is 49.2 Å². The quantitative estimate of drug-likeness (QED) is 0.705. The highest BCUT2D eigenvalue weighted by Crippen LogP contribution is 2.16. The van der Waals surface area contributed by atoms with Crippen molar-refractivity contribution < 1.29 is 9.59 Å². The Morgan fingerprint density at radius 2 is 1.70 bits per heavy atom. The van der Waals surface area contributed by atoms with Crippen molar-refractivity contribution >= 4 is 23.2 Å². The van der Waals surface area contributed by atoms with Crippen LogP contribution in [0.5, 0.6) is 0 Å². The van der Waals surface area contributed by atoms with E-state index in [4.69, 9.17) is 0 Å². The normalized spacial score (nSPS) is 11.6. The number of carbonyl (C=O) groups excluding carboxylic acids is 2. The maximum atomic E-state index is 12.2. The zero-order chi connectivity index (χ0) is 19.2. The monoisotopic (exact) mass is 363 g/mol. The summed E-state index contributed by atoms with van der Waals surface area (Å²) in [7, 11) is 0. The van der Waals surface area contributed by atoms with Gasteiger partial charge in [0.2, 0.25) is 11.8 Å². The maximum Gasteiger partial charge on any atom is 0.249 e. The van der Waals surface area contributed by atoms with Crippen molar-refractivity contribution in [2.45, 2.75) is 26.3 Å². The lowest BCUT2D eigenvalue weighted by molar-refractivity contribution is -0.119. The molecule has 2 N–H and O–H groups in total. The van der Waals surface area contributed by atoms with Crippen LogP contribution in [-0.2, 0) is 16.0 Å². The molecule has 0 aliphatic heterocycles. The summed E-state index contributed by atoms with van der Waals surface area (Å²) in [6, 6.07) is 14.3. The van der Waals surface area contributed by atoms with Crippen LogP contribution in [0.15, 0.2) is 61.2 Å². The lowest BCUT2D eigenvalue weighted by Gasteiger charge is -2.12. The Hall–Kier alpha value is -3.48. The van der Waals surface area contributed by atoms with Gasteiger partial charge in [0.25, 0.3) is 0 Å². The average molecular weight is 363 g/mol. The standard InChI is InChI=1S/C20H21N5O2/c1-14-5-3-4-6-16(14)11-19(26)23-17-7-9-18(10-8-17)24-20(27)15(2)25-13-21-12-22-25/h3-10,12-13,15H,11H2,1-2H3,(H,23,26)(H,24,27). The van der Waals surface area contributed by atoms with Gasteiger partial charge in [0.05, 0.1) is 6.42 Å². The number of amides is 2. The van der Waals surface area contributed by atoms with Crippen molar-refractivity contribution in [2.24, 2.45) is 0 Å². The number of anilines is 2. The molecule has 7 heteroatoms. The van der Waals surface area contributed by atoms with Crippen LogP contribution in [-0.4, -0.2) is 26.6 Å². The van der Waals surface area contributed by atoms with Crippen LogP contribution in [0, 0.1) is 6.92 Å². The molecule has 0 saturated carbocycles. The van der Waals surface area contributed by atoms with E-state index in [-0.39, 0.29) is 11.8 Å². The van der Waals surface area contributed by atoms with Crippen LogP contribution >= 0.6 is 0 Å². The third-order valence-electron chi connectivity index (χ3n) is 4.26. The van der Waals surface area contributed by atoms with Crippen molar-refractivity contribution in [3.8, 4) is 0 Å². The first kappa shape index (κ1) is 18.3. The number of rotatable bonds is 6. The summed E-state index contributed by atoms with van der Waals surface area (Å²) >= 11 is 0. The van der Waals surface area contributed by atoms with E-state index in [9.17, 15) is 9.59 Å². The van der Waals surface area contributed by atoms with E-state index in [1.807, 2.05) is 31.2 Å². The molecular weight excluding hydrogens is 342 g/mol. The number of hydrogen-bond acceptors (Lipinski definition) is 4. The molecule has 2 amide bonds. The zero-order valence-corrected chi connectivity index (χ0v) is 15.2. The molecule has 1 unspecified atom stereocenters. The van der Waals surface area contributed by atoms with Gasteiger partial charge in [-0.3, -0.25) is 9.59 Å². The van der Waals surface area contributed by atoms with Gasteiger partial charge in [-0.2, -0.15) is 5.10 Å². The fourth-order valence-electron chi connectivity index (χ4n) is 2.61. The van der Waals surface area contributed by atoms with Gasteiger partial charge in [0, 0.05) is 11.4 Å². The first-order valence-corrected chi connectivity index (χ1v) is 8.62. The van der Waals surface area contributed by atoms with Gasteiger partial charge in [-0.15, -0.1) is 0 Å². The van der Waals surface area contributed by atoms with Gasteiger partial charge in [-0.25, -0.2) is 9.67 Å². The lowest BCUT2D eigenvalue weighted by Crippen LogP contribution is -2.24. The second kappa shape index (κ2) is 8.27. The number of benzene rings is 2. The molecule has 1 aromatic heterocycles. The number of aryl methyl sites for hydroxylation is 1. The molecule has 0 bridgehead atoms. The van der Waals surface area contributed by atoms with Gasteiger partial charge in [0.15, 0.2) is 0 Å². The molecule has 3 aromatic rings. The Balaban J connectivity index is 1.56. The Labute approximate surface area is 157 Å². The van der Waals surface area contributed by atoms with Crippen LogP contribution in [0.4, 0.5) is 11.4 Å². The molecule has 2 aromatic carbocycles. The van der Waals surface area contributed by atoms with Crippen molar-refractivity contribution in [2.75, 3.05) is 10.6 Å². The van der Waals surface area contributed by atoms with E-state index < -0.39 is 6.04 Å². The summed E-state index contributed by atoms with van der Waals surface area (Å²) in [6.45, 7) is 3.73. The summed E-state index contributed by atoms with van der Waals surface area (Å²) in [5, 5.41) is 9.65. The highest BCUT2D eigenvalue weighted by atomic mass is 16.2. The number of aromatic nitrogens is 3. The third-order valence-corrected chi connectivity index (χ3v) is 4.26. The number of nitrogens with one attached hydrogen (secondary N) is 2. The van der Waals surface area contributed by atoms with Gasteiger partial charge >= 0.3 is 0 Å². The number of hydrogen-bond donors (Lipinski definition) is 2.